The molecule has 0 radical (unpaired) electrons. The molecule has 1 atom stereocenters. The van der Waals surface area contributed by atoms with Crippen molar-refractivity contribution in [2.45, 2.75) is 26.3 Å². The summed E-state index contributed by atoms with van der Waals surface area (Å²) in [6, 6.07) is 5.00. The molecule has 1 saturated heterocycles. The van der Waals surface area contributed by atoms with Crippen molar-refractivity contribution in [1.29, 1.82) is 0 Å². The molecule has 7 nitrogen and oxygen atoms in total. The Hall–Kier alpha value is -2.28. The van der Waals surface area contributed by atoms with Crippen LogP contribution in [0, 0.1) is 10.1 Å². The van der Waals surface area contributed by atoms with Gasteiger partial charge in [0, 0.05) is 12.1 Å². The lowest BCUT2D eigenvalue weighted by molar-refractivity contribution is -0.384. The van der Waals surface area contributed by atoms with E-state index in [1.54, 1.807) is 0 Å². The Bertz CT molecular complexity index is 566. The predicted octanol–water partition coefficient (Wildman–Crippen LogP) is 1.57. The van der Waals surface area contributed by atoms with E-state index in [0.717, 1.165) is 4.90 Å². The Labute approximate surface area is 122 Å². The molecule has 2 amide bonds. The van der Waals surface area contributed by atoms with Crippen LogP contribution in [0.2, 0.25) is 0 Å². The van der Waals surface area contributed by atoms with Crippen molar-refractivity contribution in [3.05, 3.63) is 34.4 Å². The van der Waals surface area contributed by atoms with Gasteiger partial charge in [-0.3, -0.25) is 24.6 Å². The molecular formula is C14H17N3O4. The number of non-ortho nitro benzene ring substituents is 1. The van der Waals surface area contributed by atoms with Gasteiger partial charge in [-0.15, -0.1) is 0 Å². The Morgan fingerprint density at radius 2 is 1.81 bits per heavy atom. The van der Waals surface area contributed by atoms with Crippen LogP contribution in [0.25, 0.3) is 0 Å². The molecule has 1 fully saturated rings. The highest BCUT2D eigenvalue weighted by Gasteiger charge is 2.41. The molecule has 1 aliphatic heterocycles. The van der Waals surface area contributed by atoms with E-state index in [-0.39, 0.29) is 23.9 Å². The Balaban J connectivity index is 2.25. The minimum Gasteiger partial charge on any atom is -0.292 e. The maximum absolute atomic E-state index is 12.4. The van der Waals surface area contributed by atoms with Gasteiger partial charge in [0.1, 0.15) is 0 Å². The second-order valence-corrected chi connectivity index (χ2v) is 4.78. The lowest BCUT2D eigenvalue weighted by Gasteiger charge is -2.24. The first-order valence-electron chi connectivity index (χ1n) is 6.84. The second-order valence-electron chi connectivity index (χ2n) is 4.78. The lowest BCUT2D eigenvalue weighted by Crippen LogP contribution is -2.41. The SMILES string of the molecule is CCN(CC)C1CC(=O)N(c2ccc([N+](=O)[O-])cc2)C1=O. The summed E-state index contributed by atoms with van der Waals surface area (Å²) in [4.78, 5) is 37.7. The molecule has 0 N–H and O–H groups in total. The Morgan fingerprint density at radius 1 is 1.24 bits per heavy atom. The normalized spacial score (nSPS) is 18.6. The third-order valence-electron chi connectivity index (χ3n) is 3.69. The minimum atomic E-state index is -0.518. The summed E-state index contributed by atoms with van der Waals surface area (Å²) in [6.07, 6.45) is 0.150. The number of rotatable bonds is 5. The number of nitro groups is 1. The van der Waals surface area contributed by atoms with Crippen LogP contribution in [-0.4, -0.2) is 40.8 Å². The van der Waals surface area contributed by atoms with Gasteiger partial charge in [0.15, 0.2) is 0 Å². The van der Waals surface area contributed by atoms with Crippen LogP contribution in [0.5, 0.6) is 0 Å². The smallest absolute Gasteiger partial charge is 0.269 e. The molecule has 1 aliphatic rings. The fourth-order valence-electron chi connectivity index (χ4n) is 2.56. The standard InChI is InChI=1S/C14H17N3O4/c1-3-15(4-2)12-9-13(18)16(14(12)19)10-5-7-11(8-6-10)17(20)21/h5-8,12H,3-4,9H2,1-2H3. The zero-order valence-electron chi connectivity index (χ0n) is 12.0. The molecule has 0 aromatic heterocycles. The van der Waals surface area contributed by atoms with Crippen LogP contribution in [0.3, 0.4) is 0 Å². The van der Waals surface area contributed by atoms with Crippen molar-refractivity contribution in [2.24, 2.45) is 0 Å². The summed E-state index contributed by atoms with van der Waals surface area (Å²) in [5.74, 6) is -0.539. The van der Waals surface area contributed by atoms with Gasteiger partial charge < -0.3 is 0 Å². The van der Waals surface area contributed by atoms with E-state index in [4.69, 9.17) is 0 Å². The topological polar surface area (TPSA) is 83.8 Å². The Morgan fingerprint density at radius 3 is 2.29 bits per heavy atom. The summed E-state index contributed by atoms with van der Waals surface area (Å²) in [7, 11) is 0. The summed E-state index contributed by atoms with van der Waals surface area (Å²) in [5.41, 5.74) is 0.309. The van der Waals surface area contributed by atoms with Gasteiger partial charge in [-0.05, 0) is 25.2 Å². The van der Waals surface area contributed by atoms with Crippen molar-refractivity contribution in [2.75, 3.05) is 18.0 Å². The molecule has 1 heterocycles. The quantitative estimate of drug-likeness (QED) is 0.467. The number of imide groups is 1. The van der Waals surface area contributed by atoms with Crippen molar-refractivity contribution in [1.82, 2.24) is 4.90 Å². The number of likely N-dealkylation sites (N-methyl/N-ethyl adjacent to an activating group) is 1. The molecule has 1 aromatic carbocycles. The highest BCUT2D eigenvalue weighted by Crippen LogP contribution is 2.27. The fourth-order valence-corrected chi connectivity index (χ4v) is 2.56. The highest BCUT2D eigenvalue weighted by atomic mass is 16.6. The first-order chi connectivity index (χ1) is 9.99. The number of carbonyl (C=O) groups is 2. The van der Waals surface area contributed by atoms with Crippen LogP contribution in [-0.2, 0) is 9.59 Å². The first kappa shape index (κ1) is 15.1. The molecule has 0 aliphatic carbocycles. The van der Waals surface area contributed by atoms with Crippen LogP contribution in [0.15, 0.2) is 24.3 Å². The summed E-state index contributed by atoms with van der Waals surface area (Å²) in [6.45, 7) is 5.26. The molecule has 2 rings (SSSR count). The number of amides is 2. The zero-order valence-corrected chi connectivity index (χ0v) is 12.0. The average molecular weight is 291 g/mol. The van der Waals surface area contributed by atoms with E-state index in [9.17, 15) is 19.7 Å². The molecular weight excluding hydrogens is 274 g/mol. The number of anilines is 1. The largest absolute Gasteiger partial charge is 0.292 e. The van der Waals surface area contributed by atoms with Crippen molar-refractivity contribution in [3.63, 3.8) is 0 Å². The third kappa shape index (κ3) is 2.78. The predicted molar refractivity (Wildman–Crippen MR) is 76.9 cm³/mol. The highest BCUT2D eigenvalue weighted by molar-refractivity contribution is 6.22. The maximum atomic E-state index is 12.4. The van der Waals surface area contributed by atoms with Gasteiger partial charge in [-0.2, -0.15) is 0 Å². The van der Waals surface area contributed by atoms with Gasteiger partial charge in [-0.25, -0.2) is 4.90 Å². The summed E-state index contributed by atoms with van der Waals surface area (Å²) < 4.78 is 0. The van der Waals surface area contributed by atoms with Crippen molar-refractivity contribution >= 4 is 23.2 Å². The molecule has 0 bridgehead atoms. The van der Waals surface area contributed by atoms with Crippen molar-refractivity contribution in [3.8, 4) is 0 Å². The van der Waals surface area contributed by atoms with Gasteiger partial charge in [-0.1, -0.05) is 13.8 Å². The number of hydrogen-bond acceptors (Lipinski definition) is 5. The summed E-state index contributed by atoms with van der Waals surface area (Å²) in [5, 5.41) is 10.6. The van der Waals surface area contributed by atoms with Crippen LogP contribution in [0.4, 0.5) is 11.4 Å². The maximum Gasteiger partial charge on any atom is 0.269 e. The average Bonchev–Trinajstić information content (AvgIpc) is 2.76. The van der Waals surface area contributed by atoms with E-state index in [1.165, 1.54) is 24.3 Å². The third-order valence-corrected chi connectivity index (χ3v) is 3.69. The van der Waals surface area contributed by atoms with Crippen LogP contribution < -0.4 is 4.90 Å². The molecule has 1 aromatic rings. The van der Waals surface area contributed by atoms with Gasteiger partial charge in [0.05, 0.1) is 23.1 Å². The lowest BCUT2D eigenvalue weighted by atomic mass is 10.2. The van der Waals surface area contributed by atoms with Crippen molar-refractivity contribution < 1.29 is 14.5 Å². The van der Waals surface area contributed by atoms with Crippen LogP contribution in [0.1, 0.15) is 20.3 Å². The number of benzene rings is 1. The van der Waals surface area contributed by atoms with E-state index in [1.807, 2.05) is 18.7 Å². The summed E-state index contributed by atoms with van der Waals surface area (Å²) >= 11 is 0. The molecule has 112 valence electrons. The number of carbonyl (C=O) groups excluding carboxylic acids is 2. The van der Waals surface area contributed by atoms with Gasteiger partial charge in [0.2, 0.25) is 5.91 Å². The fraction of sp³-hybridized carbons (Fsp3) is 0.429. The monoisotopic (exact) mass is 291 g/mol. The molecule has 1 unspecified atom stereocenters. The van der Waals surface area contributed by atoms with E-state index >= 15 is 0 Å². The number of nitro benzene ring substituents is 1. The first-order valence-corrected chi connectivity index (χ1v) is 6.84. The van der Waals surface area contributed by atoms with E-state index in [2.05, 4.69) is 0 Å². The van der Waals surface area contributed by atoms with Crippen LogP contribution >= 0.6 is 0 Å². The zero-order chi connectivity index (χ0) is 15.6. The van der Waals surface area contributed by atoms with Gasteiger partial charge in [0.25, 0.3) is 11.6 Å². The molecule has 21 heavy (non-hydrogen) atoms. The number of nitrogens with zero attached hydrogens (tertiary/aromatic N) is 3. The second kappa shape index (κ2) is 6.01. The van der Waals surface area contributed by atoms with E-state index in [0.29, 0.717) is 18.8 Å². The molecule has 7 heteroatoms. The van der Waals surface area contributed by atoms with Gasteiger partial charge >= 0.3 is 0 Å². The molecule has 0 spiro atoms. The molecule has 0 saturated carbocycles. The van der Waals surface area contributed by atoms with E-state index < -0.39 is 11.0 Å². The minimum absolute atomic E-state index is 0.0712. The Kier molecular flexibility index (Phi) is 4.32. The number of hydrogen-bond donors (Lipinski definition) is 0.